The van der Waals surface area contributed by atoms with E-state index in [0.717, 1.165) is 0 Å². The van der Waals surface area contributed by atoms with Gasteiger partial charge in [-0.1, -0.05) is 11.6 Å². The lowest BCUT2D eigenvalue weighted by Crippen LogP contribution is -2.06. The van der Waals surface area contributed by atoms with Gasteiger partial charge in [0.1, 0.15) is 10.7 Å². The van der Waals surface area contributed by atoms with Gasteiger partial charge < -0.3 is 10.6 Å². The van der Waals surface area contributed by atoms with Crippen LogP contribution in [0.3, 0.4) is 0 Å². The van der Waals surface area contributed by atoms with Gasteiger partial charge in [0.15, 0.2) is 0 Å². The molecule has 0 aliphatic carbocycles. The number of nitrogens with one attached hydrogen (secondary N) is 2. The second kappa shape index (κ2) is 3.71. The summed E-state index contributed by atoms with van der Waals surface area (Å²) in [6.45, 7) is 0. The number of nitro groups is 1. The molecule has 2 rings (SSSR count). The average Bonchev–Trinajstić information content (AvgIpc) is 2.19. The topological polar surface area (TPSA) is 67.2 Å². The first-order valence-electron chi connectivity index (χ1n) is 3.95. The smallest absolute Gasteiger partial charge is 0.314 e. The van der Waals surface area contributed by atoms with Gasteiger partial charge in [-0.15, -0.1) is 0 Å². The third-order valence-corrected chi connectivity index (χ3v) is 3.16. The fourth-order valence-electron chi connectivity index (χ4n) is 1.30. The van der Waals surface area contributed by atoms with Gasteiger partial charge in [0, 0.05) is 16.9 Å². The van der Waals surface area contributed by atoms with E-state index in [1.165, 1.54) is 0 Å². The molecule has 7 heteroatoms. The highest BCUT2D eigenvalue weighted by Crippen LogP contribution is 2.44. The molecule has 0 amide bonds. The Bertz CT molecular complexity index is 475. The van der Waals surface area contributed by atoms with Gasteiger partial charge in [0.25, 0.3) is 0 Å². The first-order valence-corrected chi connectivity index (χ1v) is 5.13. The van der Waals surface area contributed by atoms with Gasteiger partial charge >= 0.3 is 5.69 Å². The Morgan fingerprint density at radius 2 is 2.07 bits per heavy atom. The van der Waals surface area contributed by atoms with Crippen molar-refractivity contribution in [3.8, 4) is 0 Å². The van der Waals surface area contributed by atoms with Crippen LogP contribution < -0.4 is 10.6 Å². The van der Waals surface area contributed by atoms with E-state index in [4.69, 9.17) is 11.6 Å². The molecule has 2 N–H and O–H groups in total. The van der Waals surface area contributed by atoms with Gasteiger partial charge in [-0.3, -0.25) is 10.1 Å². The van der Waals surface area contributed by atoms with E-state index in [2.05, 4.69) is 26.6 Å². The lowest BCUT2D eigenvalue weighted by Gasteiger charge is -2.15. The fraction of sp³-hybridized carbons (Fsp3) is 0. The second-order valence-corrected chi connectivity index (χ2v) is 4.05. The second-order valence-electron chi connectivity index (χ2n) is 2.82. The lowest BCUT2D eigenvalue weighted by atomic mass is 10.2. The number of hydrogen-bond acceptors (Lipinski definition) is 4. The molecule has 0 bridgehead atoms. The predicted molar refractivity (Wildman–Crippen MR) is 62.2 cm³/mol. The van der Waals surface area contributed by atoms with Crippen molar-refractivity contribution in [1.82, 2.24) is 0 Å². The Morgan fingerprint density at radius 3 is 2.73 bits per heavy atom. The molecule has 1 aromatic rings. The van der Waals surface area contributed by atoms with Gasteiger partial charge in [0.05, 0.1) is 10.6 Å². The summed E-state index contributed by atoms with van der Waals surface area (Å²) < 4.78 is 0.485. The zero-order valence-electron chi connectivity index (χ0n) is 7.25. The molecule has 15 heavy (non-hydrogen) atoms. The van der Waals surface area contributed by atoms with E-state index in [1.807, 2.05) is 0 Å². The van der Waals surface area contributed by atoms with Crippen molar-refractivity contribution in [3.63, 3.8) is 0 Å². The van der Waals surface area contributed by atoms with Crippen LogP contribution in [-0.2, 0) is 0 Å². The van der Waals surface area contributed by atoms with Crippen LogP contribution in [0, 0.1) is 10.1 Å². The molecule has 0 fully saturated rings. The van der Waals surface area contributed by atoms with Crippen LogP contribution in [0.2, 0.25) is 5.02 Å². The summed E-state index contributed by atoms with van der Waals surface area (Å²) in [5, 5.41) is 16.6. The lowest BCUT2D eigenvalue weighted by molar-refractivity contribution is -0.383. The van der Waals surface area contributed by atoms with Crippen LogP contribution in [0.15, 0.2) is 22.9 Å². The van der Waals surface area contributed by atoms with Crippen molar-refractivity contribution in [2.75, 3.05) is 10.6 Å². The van der Waals surface area contributed by atoms with Gasteiger partial charge in [-0.25, -0.2) is 0 Å². The van der Waals surface area contributed by atoms with Crippen molar-refractivity contribution >= 4 is 44.6 Å². The van der Waals surface area contributed by atoms with E-state index >= 15 is 0 Å². The first kappa shape index (κ1) is 10.3. The average molecular weight is 291 g/mol. The summed E-state index contributed by atoms with van der Waals surface area (Å²) in [6, 6.07) is 1.68. The number of anilines is 2. The molecule has 0 spiro atoms. The minimum atomic E-state index is -0.514. The fourth-order valence-corrected chi connectivity index (χ4v) is 1.94. The summed E-state index contributed by atoms with van der Waals surface area (Å²) in [7, 11) is 0. The van der Waals surface area contributed by atoms with Crippen LogP contribution in [0.4, 0.5) is 17.1 Å². The van der Waals surface area contributed by atoms with E-state index in [9.17, 15) is 10.1 Å². The molecular weight excluding hydrogens is 285 g/mol. The van der Waals surface area contributed by atoms with Gasteiger partial charge in [-0.05, 0) is 22.0 Å². The van der Waals surface area contributed by atoms with Gasteiger partial charge in [-0.2, -0.15) is 0 Å². The maximum atomic E-state index is 10.9. The highest BCUT2D eigenvalue weighted by molar-refractivity contribution is 9.10. The molecule has 5 nitrogen and oxygen atoms in total. The van der Waals surface area contributed by atoms with Crippen molar-refractivity contribution in [2.45, 2.75) is 0 Å². The van der Waals surface area contributed by atoms with Crippen LogP contribution in [-0.4, -0.2) is 4.92 Å². The molecule has 0 saturated carbocycles. The highest BCUT2D eigenvalue weighted by Gasteiger charge is 2.25. The molecule has 78 valence electrons. The zero-order chi connectivity index (χ0) is 11.0. The Labute approximate surface area is 98.4 Å². The zero-order valence-corrected chi connectivity index (χ0v) is 9.59. The molecular formula is C8H5BrClN3O2. The molecule has 0 unspecified atom stereocenters. The van der Waals surface area contributed by atoms with Crippen LogP contribution in [0.1, 0.15) is 0 Å². The first-order chi connectivity index (χ1) is 7.11. The van der Waals surface area contributed by atoms with E-state index in [-0.39, 0.29) is 10.7 Å². The summed E-state index contributed by atoms with van der Waals surface area (Å²) >= 11 is 9.01. The number of fused-ring (bicyclic) bond motifs is 1. The van der Waals surface area contributed by atoms with Crippen molar-refractivity contribution in [1.29, 1.82) is 0 Å². The minimum Gasteiger partial charge on any atom is -0.358 e. The van der Waals surface area contributed by atoms with E-state index < -0.39 is 4.92 Å². The maximum absolute atomic E-state index is 10.9. The van der Waals surface area contributed by atoms with Crippen molar-refractivity contribution < 1.29 is 4.92 Å². The molecule has 0 atom stereocenters. The molecule has 1 aliphatic rings. The van der Waals surface area contributed by atoms with Crippen molar-refractivity contribution in [2.24, 2.45) is 0 Å². The number of benzene rings is 1. The van der Waals surface area contributed by atoms with Gasteiger partial charge in [0.2, 0.25) is 0 Å². The number of hydrogen-bond donors (Lipinski definition) is 2. The summed E-state index contributed by atoms with van der Waals surface area (Å²) in [5.41, 5.74) is 0.842. The maximum Gasteiger partial charge on any atom is 0.314 e. The third-order valence-electron chi connectivity index (χ3n) is 1.93. The number of nitro benzene ring substituents is 1. The summed E-state index contributed by atoms with van der Waals surface area (Å²) in [4.78, 5) is 10.3. The summed E-state index contributed by atoms with van der Waals surface area (Å²) in [5.74, 6) is 0. The predicted octanol–water partition coefficient (Wildman–Crippen LogP) is 3.32. The molecule has 1 aliphatic heterocycles. The SMILES string of the molecule is O=[N+]([O-])c1c(Cl)c(Br)cc2c1NC=CN2. The van der Waals surface area contributed by atoms with E-state index in [0.29, 0.717) is 15.8 Å². The largest absolute Gasteiger partial charge is 0.358 e. The number of halogens is 2. The number of rotatable bonds is 1. The molecule has 1 heterocycles. The monoisotopic (exact) mass is 289 g/mol. The Balaban J connectivity index is 2.71. The Hall–Kier alpha value is -1.27. The molecule has 0 radical (unpaired) electrons. The van der Waals surface area contributed by atoms with Crippen molar-refractivity contribution in [3.05, 3.63) is 38.1 Å². The third kappa shape index (κ3) is 1.66. The Kier molecular flexibility index (Phi) is 2.54. The molecule has 0 aromatic heterocycles. The quantitative estimate of drug-likeness (QED) is 0.615. The van der Waals surface area contributed by atoms with Crippen LogP contribution in [0.25, 0.3) is 0 Å². The minimum absolute atomic E-state index is 0.0864. The van der Waals surface area contributed by atoms with E-state index in [1.54, 1.807) is 18.5 Å². The molecule has 1 aromatic carbocycles. The summed E-state index contributed by atoms with van der Waals surface area (Å²) in [6.07, 6.45) is 3.21. The van der Waals surface area contributed by atoms with Crippen LogP contribution in [0.5, 0.6) is 0 Å². The highest BCUT2D eigenvalue weighted by atomic mass is 79.9. The van der Waals surface area contributed by atoms with Crippen LogP contribution >= 0.6 is 27.5 Å². The molecule has 0 saturated heterocycles. The normalized spacial score (nSPS) is 12.7. The number of nitrogens with zero attached hydrogens (tertiary/aromatic N) is 1. The Morgan fingerprint density at radius 1 is 1.40 bits per heavy atom. The standard InChI is InChI=1S/C8H5BrClN3O2/c9-4-3-5-7(12-2-1-11-5)8(6(4)10)13(14)15/h1-3,11-12H.